The van der Waals surface area contributed by atoms with Crippen molar-refractivity contribution in [3.63, 3.8) is 0 Å². The highest BCUT2D eigenvalue weighted by molar-refractivity contribution is 5.46. The number of nitrogens with one attached hydrogen (secondary N) is 1. The summed E-state index contributed by atoms with van der Waals surface area (Å²) < 4.78 is 16.5. The van der Waals surface area contributed by atoms with Gasteiger partial charge in [-0.15, -0.1) is 0 Å². The predicted octanol–water partition coefficient (Wildman–Crippen LogP) is 3.35. The summed E-state index contributed by atoms with van der Waals surface area (Å²) >= 11 is 0. The molecule has 1 aliphatic rings. The summed E-state index contributed by atoms with van der Waals surface area (Å²) in [5.74, 6) is 2.40. The molecule has 2 rings (SSSR count). The smallest absolute Gasteiger partial charge is 0.231 e. The molecule has 0 aliphatic carbocycles. The Morgan fingerprint density at radius 1 is 1.25 bits per heavy atom. The highest BCUT2D eigenvalue weighted by Gasteiger charge is 2.15. The molecule has 4 nitrogen and oxygen atoms in total. The Labute approximate surface area is 121 Å². The lowest BCUT2D eigenvalue weighted by Crippen LogP contribution is -2.36. The van der Waals surface area contributed by atoms with Gasteiger partial charge >= 0.3 is 0 Å². The lowest BCUT2D eigenvalue weighted by atomic mass is 10.1. The Hall–Kier alpha value is -1.42. The Morgan fingerprint density at radius 2 is 2.00 bits per heavy atom. The van der Waals surface area contributed by atoms with Crippen molar-refractivity contribution in [2.75, 3.05) is 13.3 Å². The molecule has 1 heterocycles. The van der Waals surface area contributed by atoms with Crippen LogP contribution in [-0.2, 0) is 0 Å². The van der Waals surface area contributed by atoms with Crippen molar-refractivity contribution in [2.45, 2.75) is 52.2 Å². The molecule has 1 atom stereocenters. The molecule has 1 aromatic rings. The molecule has 0 amide bonds. The lowest BCUT2D eigenvalue weighted by molar-refractivity contribution is 0.173. The molecular weight excluding hydrogens is 254 g/mol. The van der Waals surface area contributed by atoms with E-state index in [0.29, 0.717) is 6.79 Å². The maximum atomic E-state index is 5.91. The van der Waals surface area contributed by atoms with Crippen LogP contribution in [0.5, 0.6) is 17.2 Å². The second kappa shape index (κ2) is 6.35. The van der Waals surface area contributed by atoms with E-state index in [1.807, 2.05) is 18.2 Å². The molecule has 1 aliphatic heterocycles. The van der Waals surface area contributed by atoms with Crippen LogP contribution in [0, 0.1) is 0 Å². The van der Waals surface area contributed by atoms with E-state index < -0.39 is 0 Å². The van der Waals surface area contributed by atoms with Crippen LogP contribution >= 0.6 is 0 Å². The van der Waals surface area contributed by atoms with Crippen molar-refractivity contribution < 1.29 is 14.2 Å². The third-order valence-electron chi connectivity index (χ3n) is 3.12. The molecule has 4 heteroatoms. The minimum Gasteiger partial charge on any atom is -0.491 e. The monoisotopic (exact) mass is 279 g/mol. The standard InChI is InChI=1S/C16H25NO3/c1-12(6-5-9-17-16(2,3)4)20-13-7-8-14-15(10-13)19-11-18-14/h7-8,10,12,17H,5-6,9,11H2,1-4H3. The molecule has 0 aromatic heterocycles. The van der Waals surface area contributed by atoms with E-state index in [0.717, 1.165) is 36.6 Å². The first kappa shape index (κ1) is 15.0. The molecule has 1 N–H and O–H groups in total. The van der Waals surface area contributed by atoms with Crippen molar-refractivity contribution in [3.05, 3.63) is 18.2 Å². The fraction of sp³-hybridized carbons (Fsp3) is 0.625. The van der Waals surface area contributed by atoms with Gasteiger partial charge in [0.2, 0.25) is 6.79 Å². The summed E-state index contributed by atoms with van der Waals surface area (Å²) in [6, 6.07) is 5.72. The molecule has 1 unspecified atom stereocenters. The van der Waals surface area contributed by atoms with Gasteiger partial charge in [-0.25, -0.2) is 0 Å². The Morgan fingerprint density at radius 3 is 2.75 bits per heavy atom. The minimum absolute atomic E-state index is 0.182. The second-order valence-electron chi connectivity index (χ2n) is 6.26. The quantitative estimate of drug-likeness (QED) is 0.811. The predicted molar refractivity (Wildman–Crippen MR) is 79.6 cm³/mol. The zero-order valence-electron chi connectivity index (χ0n) is 12.9. The van der Waals surface area contributed by atoms with E-state index in [4.69, 9.17) is 14.2 Å². The summed E-state index contributed by atoms with van der Waals surface area (Å²) in [6.07, 6.45) is 2.32. The van der Waals surface area contributed by atoms with E-state index in [-0.39, 0.29) is 11.6 Å². The first-order valence-corrected chi connectivity index (χ1v) is 7.25. The lowest BCUT2D eigenvalue weighted by Gasteiger charge is -2.21. The molecule has 0 radical (unpaired) electrons. The number of rotatable bonds is 6. The van der Waals surface area contributed by atoms with Gasteiger partial charge in [0, 0.05) is 11.6 Å². The van der Waals surface area contributed by atoms with Crippen molar-refractivity contribution in [1.29, 1.82) is 0 Å². The normalized spacial score (nSPS) is 15.2. The molecule has 112 valence electrons. The first-order chi connectivity index (χ1) is 9.44. The third-order valence-corrected chi connectivity index (χ3v) is 3.12. The molecule has 0 spiro atoms. The van der Waals surface area contributed by atoms with Gasteiger partial charge in [-0.05, 0) is 59.2 Å². The summed E-state index contributed by atoms with van der Waals surface area (Å²) in [7, 11) is 0. The van der Waals surface area contributed by atoms with Gasteiger partial charge in [-0.1, -0.05) is 0 Å². The van der Waals surface area contributed by atoms with Crippen LogP contribution in [0.15, 0.2) is 18.2 Å². The van der Waals surface area contributed by atoms with Crippen molar-refractivity contribution in [2.24, 2.45) is 0 Å². The van der Waals surface area contributed by atoms with E-state index in [1.54, 1.807) is 0 Å². The van der Waals surface area contributed by atoms with Crippen LogP contribution in [0.2, 0.25) is 0 Å². The first-order valence-electron chi connectivity index (χ1n) is 7.25. The third kappa shape index (κ3) is 4.60. The van der Waals surface area contributed by atoms with Crippen molar-refractivity contribution >= 4 is 0 Å². The van der Waals surface area contributed by atoms with E-state index >= 15 is 0 Å². The molecule has 20 heavy (non-hydrogen) atoms. The summed E-state index contributed by atoms with van der Waals surface area (Å²) in [6.45, 7) is 9.95. The highest BCUT2D eigenvalue weighted by Crippen LogP contribution is 2.35. The average Bonchev–Trinajstić information content (AvgIpc) is 2.81. The number of fused-ring (bicyclic) bond motifs is 1. The fourth-order valence-corrected chi connectivity index (χ4v) is 2.09. The van der Waals surface area contributed by atoms with Gasteiger partial charge < -0.3 is 19.5 Å². The van der Waals surface area contributed by atoms with Crippen LogP contribution in [0.1, 0.15) is 40.5 Å². The minimum atomic E-state index is 0.182. The van der Waals surface area contributed by atoms with E-state index in [9.17, 15) is 0 Å². The van der Waals surface area contributed by atoms with Crippen LogP contribution in [-0.4, -0.2) is 25.0 Å². The summed E-state index contributed by atoms with van der Waals surface area (Å²) in [5, 5.41) is 3.48. The Bertz CT molecular complexity index is 440. The fourth-order valence-electron chi connectivity index (χ4n) is 2.09. The summed E-state index contributed by atoms with van der Waals surface area (Å²) in [4.78, 5) is 0. The Balaban J connectivity index is 1.73. The second-order valence-corrected chi connectivity index (χ2v) is 6.26. The SMILES string of the molecule is CC(CCCNC(C)(C)C)Oc1ccc2c(c1)OCO2. The molecule has 0 bridgehead atoms. The van der Waals surface area contributed by atoms with Gasteiger partial charge in [-0.3, -0.25) is 0 Å². The zero-order valence-corrected chi connectivity index (χ0v) is 12.9. The maximum Gasteiger partial charge on any atom is 0.231 e. The van der Waals surface area contributed by atoms with Crippen molar-refractivity contribution in [1.82, 2.24) is 5.32 Å². The molecule has 0 fully saturated rings. The van der Waals surface area contributed by atoms with Crippen LogP contribution in [0.25, 0.3) is 0 Å². The van der Waals surface area contributed by atoms with E-state index in [1.165, 1.54) is 0 Å². The van der Waals surface area contributed by atoms with Crippen LogP contribution in [0.4, 0.5) is 0 Å². The number of hydrogen-bond acceptors (Lipinski definition) is 4. The average molecular weight is 279 g/mol. The van der Waals surface area contributed by atoms with Crippen LogP contribution < -0.4 is 19.5 Å². The topological polar surface area (TPSA) is 39.7 Å². The maximum absolute atomic E-state index is 5.91. The van der Waals surface area contributed by atoms with Crippen molar-refractivity contribution in [3.8, 4) is 17.2 Å². The Kier molecular flexibility index (Phi) is 4.76. The summed E-state index contributed by atoms with van der Waals surface area (Å²) in [5.41, 5.74) is 0.182. The highest BCUT2D eigenvalue weighted by atomic mass is 16.7. The number of ether oxygens (including phenoxy) is 3. The van der Waals surface area contributed by atoms with Gasteiger partial charge in [0.15, 0.2) is 11.5 Å². The molecule has 1 aromatic carbocycles. The zero-order chi connectivity index (χ0) is 14.6. The molecule has 0 saturated carbocycles. The number of benzene rings is 1. The molecule has 0 saturated heterocycles. The van der Waals surface area contributed by atoms with Gasteiger partial charge in [-0.2, -0.15) is 0 Å². The van der Waals surface area contributed by atoms with Gasteiger partial charge in [0.1, 0.15) is 5.75 Å². The van der Waals surface area contributed by atoms with E-state index in [2.05, 4.69) is 33.0 Å². The van der Waals surface area contributed by atoms with Gasteiger partial charge in [0.25, 0.3) is 0 Å². The van der Waals surface area contributed by atoms with Gasteiger partial charge in [0.05, 0.1) is 6.10 Å². The largest absolute Gasteiger partial charge is 0.491 e. The van der Waals surface area contributed by atoms with Crippen LogP contribution in [0.3, 0.4) is 0 Å². The molecular formula is C16H25NO3. The number of hydrogen-bond donors (Lipinski definition) is 1.